The van der Waals surface area contributed by atoms with Crippen LogP contribution < -0.4 is 0 Å². The van der Waals surface area contributed by atoms with E-state index in [2.05, 4.69) is 0 Å². The van der Waals surface area contributed by atoms with Crippen molar-refractivity contribution in [1.82, 2.24) is 0 Å². The molecule has 2 aliphatic rings. The van der Waals surface area contributed by atoms with Gasteiger partial charge >= 0.3 is 0 Å². The third-order valence-electron chi connectivity index (χ3n) is 3.94. The average Bonchev–Trinajstić information content (AvgIpc) is 2.49. The van der Waals surface area contributed by atoms with E-state index in [1.54, 1.807) is 0 Å². The van der Waals surface area contributed by atoms with Gasteiger partial charge in [-0.05, 0) is 6.92 Å². The highest BCUT2D eigenvalue weighted by molar-refractivity contribution is 4.92. The molecule has 130 valence electrons. The van der Waals surface area contributed by atoms with Gasteiger partial charge in [0, 0.05) is 0 Å². The van der Waals surface area contributed by atoms with Gasteiger partial charge in [0.1, 0.15) is 42.7 Å². The van der Waals surface area contributed by atoms with Crippen LogP contribution in [0.1, 0.15) is 6.92 Å². The van der Waals surface area contributed by atoms with E-state index in [-0.39, 0.29) is 0 Å². The Labute approximate surface area is 126 Å². The van der Waals surface area contributed by atoms with Crippen LogP contribution in [0.15, 0.2) is 0 Å². The van der Waals surface area contributed by atoms with Crippen LogP contribution in [-0.2, 0) is 14.2 Å². The Morgan fingerprint density at radius 3 is 2.05 bits per heavy atom. The molecule has 0 saturated carbocycles. The van der Waals surface area contributed by atoms with E-state index in [9.17, 15) is 30.6 Å². The second kappa shape index (κ2) is 7.01. The number of rotatable bonds is 3. The first-order valence-corrected chi connectivity index (χ1v) is 6.93. The minimum atomic E-state index is -1.69. The highest BCUT2D eigenvalue weighted by Gasteiger charge is 2.49. The van der Waals surface area contributed by atoms with Gasteiger partial charge < -0.3 is 50.0 Å². The van der Waals surface area contributed by atoms with Crippen molar-refractivity contribution in [2.75, 3.05) is 6.61 Å². The molecule has 10 heteroatoms. The summed E-state index contributed by atoms with van der Waals surface area (Å²) in [6.45, 7) is 0.823. The molecule has 0 spiro atoms. The van der Waals surface area contributed by atoms with Crippen LogP contribution in [0.25, 0.3) is 0 Å². The van der Waals surface area contributed by atoms with Crippen LogP contribution in [0.3, 0.4) is 0 Å². The number of ether oxygens (including phenoxy) is 3. The molecule has 2 aliphatic heterocycles. The van der Waals surface area contributed by atoms with Crippen molar-refractivity contribution < 1.29 is 50.0 Å². The summed E-state index contributed by atoms with van der Waals surface area (Å²) in [7, 11) is 0. The van der Waals surface area contributed by atoms with Crippen molar-refractivity contribution in [2.24, 2.45) is 0 Å². The third-order valence-corrected chi connectivity index (χ3v) is 3.94. The van der Waals surface area contributed by atoms with Crippen LogP contribution in [0.2, 0.25) is 0 Å². The first-order chi connectivity index (χ1) is 10.3. The summed E-state index contributed by atoms with van der Waals surface area (Å²) in [4.78, 5) is 0. The smallest absolute Gasteiger partial charge is 0.187 e. The first kappa shape index (κ1) is 17.9. The van der Waals surface area contributed by atoms with Crippen molar-refractivity contribution in [2.45, 2.75) is 68.3 Å². The van der Waals surface area contributed by atoms with Crippen LogP contribution in [-0.4, -0.2) is 104 Å². The molecule has 2 fully saturated rings. The Hall–Kier alpha value is -0.400. The SMILES string of the molecule is C[C@@H]1O[C@@H](O[C@H]2[C@@H](O)[C@H](O)[C@@H](CO)O[C@H]2O)[C@@H](O)[C@H](O)[C@@H]1O. The molecule has 0 aliphatic carbocycles. The largest absolute Gasteiger partial charge is 0.394 e. The summed E-state index contributed by atoms with van der Waals surface area (Å²) in [6.07, 6.45) is -14.3. The normalized spacial score (nSPS) is 53.5. The van der Waals surface area contributed by atoms with Gasteiger partial charge in [-0.25, -0.2) is 0 Å². The van der Waals surface area contributed by atoms with Gasteiger partial charge in [0.2, 0.25) is 0 Å². The highest BCUT2D eigenvalue weighted by Crippen LogP contribution is 2.28. The molecular formula is C12H22O10. The van der Waals surface area contributed by atoms with Gasteiger partial charge in [-0.3, -0.25) is 0 Å². The van der Waals surface area contributed by atoms with E-state index < -0.39 is 68.0 Å². The summed E-state index contributed by atoms with van der Waals surface area (Å²) in [5.74, 6) is 0. The second-order valence-electron chi connectivity index (χ2n) is 5.51. The number of aliphatic hydroxyl groups excluding tert-OH is 7. The summed E-state index contributed by atoms with van der Waals surface area (Å²) in [5, 5.41) is 67.5. The average molecular weight is 326 g/mol. The minimum absolute atomic E-state index is 0.619. The molecule has 10 atom stereocenters. The summed E-state index contributed by atoms with van der Waals surface area (Å²) in [5.41, 5.74) is 0. The van der Waals surface area contributed by atoms with Crippen molar-refractivity contribution in [1.29, 1.82) is 0 Å². The predicted molar refractivity (Wildman–Crippen MR) is 67.2 cm³/mol. The van der Waals surface area contributed by atoms with Crippen molar-refractivity contribution in [3.05, 3.63) is 0 Å². The Morgan fingerprint density at radius 2 is 1.45 bits per heavy atom. The lowest BCUT2D eigenvalue weighted by Crippen LogP contribution is -2.63. The lowest BCUT2D eigenvalue weighted by Gasteiger charge is -2.44. The Kier molecular flexibility index (Phi) is 5.72. The van der Waals surface area contributed by atoms with E-state index in [0.29, 0.717) is 0 Å². The summed E-state index contributed by atoms with van der Waals surface area (Å²) in [6, 6.07) is 0. The van der Waals surface area contributed by atoms with Crippen LogP contribution in [0.5, 0.6) is 0 Å². The van der Waals surface area contributed by atoms with Crippen molar-refractivity contribution >= 4 is 0 Å². The van der Waals surface area contributed by atoms with Gasteiger partial charge in [-0.1, -0.05) is 0 Å². The standard InChI is InChI=1S/C12H22O10/c1-3-5(14)7(16)9(18)12(20-3)22-10-8(17)6(15)4(2-13)21-11(10)19/h3-19H,2H2,1H3/t3-,4+,5+,6+,7+,8-,9-,10-,11+,12-/m0/s1. The minimum Gasteiger partial charge on any atom is -0.394 e. The zero-order chi connectivity index (χ0) is 16.6. The van der Waals surface area contributed by atoms with Crippen LogP contribution in [0.4, 0.5) is 0 Å². The molecule has 0 amide bonds. The fourth-order valence-electron chi connectivity index (χ4n) is 2.50. The van der Waals surface area contributed by atoms with Gasteiger partial charge in [0.25, 0.3) is 0 Å². The molecule has 7 N–H and O–H groups in total. The first-order valence-electron chi connectivity index (χ1n) is 6.93. The maximum Gasteiger partial charge on any atom is 0.187 e. The van der Waals surface area contributed by atoms with E-state index in [0.717, 1.165) is 0 Å². The maximum atomic E-state index is 9.93. The van der Waals surface area contributed by atoms with Crippen molar-refractivity contribution in [3.63, 3.8) is 0 Å². The lowest BCUT2D eigenvalue weighted by molar-refractivity contribution is -0.358. The van der Waals surface area contributed by atoms with Gasteiger partial charge in [0.15, 0.2) is 12.6 Å². The molecule has 0 unspecified atom stereocenters. The fraction of sp³-hybridized carbons (Fsp3) is 1.00. The molecule has 10 nitrogen and oxygen atoms in total. The number of hydrogen-bond donors (Lipinski definition) is 7. The van der Waals surface area contributed by atoms with Crippen LogP contribution >= 0.6 is 0 Å². The Bertz CT molecular complexity index is 368. The van der Waals surface area contributed by atoms with Gasteiger partial charge in [-0.2, -0.15) is 0 Å². The molecular weight excluding hydrogens is 304 g/mol. The molecule has 2 rings (SSSR count). The molecule has 0 radical (unpaired) electrons. The second-order valence-corrected chi connectivity index (χ2v) is 5.51. The number of aliphatic hydroxyl groups is 7. The molecule has 0 aromatic heterocycles. The monoisotopic (exact) mass is 326 g/mol. The molecule has 2 saturated heterocycles. The van der Waals surface area contributed by atoms with Gasteiger partial charge in [-0.15, -0.1) is 0 Å². The Morgan fingerprint density at radius 1 is 0.818 bits per heavy atom. The lowest BCUT2D eigenvalue weighted by atomic mass is 9.97. The fourth-order valence-corrected chi connectivity index (χ4v) is 2.50. The van der Waals surface area contributed by atoms with E-state index in [4.69, 9.17) is 19.3 Å². The predicted octanol–water partition coefficient (Wildman–Crippen LogP) is -4.37. The topological polar surface area (TPSA) is 169 Å². The highest BCUT2D eigenvalue weighted by atomic mass is 16.7. The molecule has 22 heavy (non-hydrogen) atoms. The van der Waals surface area contributed by atoms with Gasteiger partial charge in [0.05, 0.1) is 12.7 Å². The maximum absolute atomic E-state index is 9.93. The zero-order valence-electron chi connectivity index (χ0n) is 11.8. The molecule has 2 heterocycles. The summed E-state index contributed by atoms with van der Waals surface area (Å²) < 4.78 is 15.3. The van der Waals surface area contributed by atoms with E-state index in [1.165, 1.54) is 6.92 Å². The molecule has 0 aromatic carbocycles. The van der Waals surface area contributed by atoms with E-state index in [1.807, 2.05) is 0 Å². The molecule has 0 bridgehead atoms. The quantitative estimate of drug-likeness (QED) is 0.269. The Balaban J connectivity index is 2.06. The zero-order valence-corrected chi connectivity index (χ0v) is 11.8. The van der Waals surface area contributed by atoms with Crippen LogP contribution in [0, 0.1) is 0 Å². The summed E-state index contributed by atoms with van der Waals surface area (Å²) >= 11 is 0. The third kappa shape index (κ3) is 3.26. The molecule has 0 aromatic rings. The number of hydrogen-bond acceptors (Lipinski definition) is 10. The van der Waals surface area contributed by atoms with E-state index >= 15 is 0 Å². The van der Waals surface area contributed by atoms with Crippen molar-refractivity contribution in [3.8, 4) is 0 Å².